The highest BCUT2D eigenvalue weighted by atomic mass is 15.2. The van der Waals surface area contributed by atoms with Crippen molar-refractivity contribution in [3.05, 3.63) is 29.8 Å². The van der Waals surface area contributed by atoms with Gasteiger partial charge in [-0.2, -0.15) is 0 Å². The van der Waals surface area contributed by atoms with Crippen LogP contribution in [0.15, 0.2) is 24.3 Å². The summed E-state index contributed by atoms with van der Waals surface area (Å²) in [6.45, 7) is 17.1. The summed E-state index contributed by atoms with van der Waals surface area (Å²) in [6, 6.07) is 9.13. The van der Waals surface area contributed by atoms with Crippen LogP contribution in [-0.4, -0.2) is 12.1 Å². The van der Waals surface area contributed by atoms with Crippen molar-refractivity contribution in [3.63, 3.8) is 0 Å². The van der Waals surface area contributed by atoms with Crippen molar-refractivity contribution in [1.82, 2.24) is 0 Å². The zero-order valence-electron chi connectivity index (χ0n) is 13.9. The van der Waals surface area contributed by atoms with Crippen LogP contribution in [-0.2, 0) is 5.41 Å². The Balaban J connectivity index is 3.05. The van der Waals surface area contributed by atoms with Gasteiger partial charge >= 0.3 is 0 Å². The van der Waals surface area contributed by atoms with Crippen LogP contribution in [0.5, 0.6) is 0 Å². The summed E-state index contributed by atoms with van der Waals surface area (Å²) in [5, 5.41) is 0. The van der Waals surface area contributed by atoms with E-state index < -0.39 is 0 Å². The van der Waals surface area contributed by atoms with Crippen LogP contribution in [0.25, 0.3) is 0 Å². The Bertz CT molecular complexity index is 381. The molecule has 1 aromatic carbocycles. The topological polar surface area (TPSA) is 3.24 Å². The van der Waals surface area contributed by atoms with Crippen LogP contribution >= 0.6 is 0 Å². The monoisotopic (exact) mass is 261 g/mol. The molecule has 0 N–H and O–H groups in total. The molecule has 1 rings (SSSR count). The molecular formula is C18H31N. The van der Waals surface area contributed by atoms with Crippen LogP contribution < -0.4 is 4.90 Å². The molecule has 0 amide bonds. The molecule has 1 aromatic rings. The van der Waals surface area contributed by atoms with Gasteiger partial charge in [0.05, 0.1) is 0 Å². The largest absolute Gasteiger partial charge is 0.366 e. The van der Waals surface area contributed by atoms with Crippen molar-refractivity contribution in [2.45, 2.75) is 72.3 Å². The zero-order chi connectivity index (χ0) is 14.7. The van der Waals surface area contributed by atoms with Crippen molar-refractivity contribution < 1.29 is 0 Å². The van der Waals surface area contributed by atoms with E-state index in [0.29, 0.717) is 0 Å². The highest BCUT2D eigenvalue weighted by Crippen LogP contribution is 2.29. The number of benzene rings is 1. The van der Waals surface area contributed by atoms with Crippen molar-refractivity contribution >= 4 is 5.69 Å². The van der Waals surface area contributed by atoms with Gasteiger partial charge in [-0.15, -0.1) is 0 Å². The lowest BCUT2D eigenvalue weighted by Gasteiger charge is -2.40. The van der Waals surface area contributed by atoms with Gasteiger partial charge in [-0.1, -0.05) is 46.8 Å². The van der Waals surface area contributed by atoms with Gasteiger partial charge in [-0.05, 0) is 49.8 Å². The summed E-state index contributed by atoms with van der Waals surface area (Å²) >= 11 is 0. The molecule has 0 radical (unpaired) electrons. The molecule has 0 spiro atoms. The predicted octanol–water partition coefficient (Wildman–Crippen LogP) is 5.39. The SMILES string of the molecule is CCCN(c1ccc(C(C)(C)C)cc1)C(C)(C)CC. The lowest BCUT2D eigenvalue weighted by atomic mass is 9.87. The minimum Gasteiger partial charge on any atom is -0.366 e. The minimum atomic E-state index is 0.221. The molecule has 0 fully saturated rings. The highest BCUT2D eigenvalue weighted by molar-refractivity contribution is 5.50. The second-order valence-corrected chi connectivity index (χ2v) is 7.11. The van der Waals surface area contributed by atoms with Crippen molar-refractivity contribution in [2.24, 2.45) is 0 Å². The molecule has 0 saturated heterocycles. The molecule has 1 nitrogen and oxygen atoms in total. The second-order valence-electron chi connectivity index (χ2n) is 7.11. The standard InChI is InChI=1S/C18H31N/c1-8-14-19(18(6,7)9-2)16-12-10-15(11-13-16)17(3,4)5/h10-13H,8-9,14H2,1-7H3. The number of rotatable bonds is 5. The summed E-state index contributed by atoms with van der Waals surface area (Å²) in [4.78, 5) is 2.54. The van der Waals surface area contributed by atoms with Crippen LogP contribution in [0, 0.1) is 0 Å². The van der Waals surface area contributed by atoms with Crippen LogP contribution in [0.3, 0.4) is 0 Å². The Kier molecular flexibility index (Phi) is 5.06. The van der Waals surface area contributed by atoms with Gasteiger partial charge in [0, 0.05) is 17.8 Å². The summed E-state index contributed by atoms with van der Waals surface area (Å²) in [5.41, 5.74) is 3.21. The molecule has 0 saturated carbocycles. The maximum Gasteiger partial charge on any atom is 0.0370 e. The Morgan fingerprint density at radius 3 is 1.79 bits per heavy atom. The lowest BCUT2D eigenvalue weighted by molar-refractivity contribution is 0.443. The Labute approximate surface area is 120 Å². The molecular weight excluding hydrogens is 230 g/mol. The van der Waals surface area contributed by atoms with E-state index in [0.717, 1.165) is 13.0 Å². The minimum absolute atomic E-state index is 0.221. The maximum atomic E-state index is 2.54. The summed E-state index contributed by atoms with van der Waals surface area (Å²) in [6.07, 6.45) is 2.35. The molecule has 0 bridgehead atoms. The molecule has 0 heterocycles. The van der Waals surface area contributed by atoms with Gasteiger partial charge in [0.25, 0.3) is 0 Å². The average molecular weight is 261 g/mol. The molecule has 19 heavy (non-hydrogen) atoms. The summed E-state index contributed by atoms with van der Waals surface area (Å²) < 4.78 is 0. The van der Waals surface area contributed by atoms with Crippen molar-refractivity contribution in [1.29, 1.82) is 0 Å². The van der Waals surface area contributed by atoms with Gasteiger partial charge < -0.3 is 4.90 Å². The molecule has 0 unspecified atom stereocenters. The molecule has 0 aliphatic carbocycles. The summed E-state index contributed by atoms with van der Waals surface area (Å²) in [7, 11) is 0. The van der Waals surface area contributed by atoms with Crippen LogP contribution in [0.1, 0.15) is 66.9 Å². The smallest absolute Gasteiger partial charge is 0.0370 e. The molecule has 0 aliphatic heterocycles. The second kappa shape index (κ2) is 5.98. The summed E-state index contributed by atoms with van der Waals surface area (Å²) in [5.74, 6) is 0. The number of anilines is 1. The first-order chi connectivity index (χ1) is 8.72. The van der Waals surface area contributed by atoms with E-state index >= 15 is 0 Å². The van der Waals surface area contributed by atoms with E-state index in [2.05, 4.69) is 77.6 Å². The normalized spacial score (nSPS) is 12.6. The van der Waals surface area contributed by atoms with Crippen LogP contribution in [0.2, 0.25) is 0 Å². The van der Waals surface area contributed by atoms with E-state index in [1.54, 1.807) is 0 Å². The third-order valence-electron chi connectivity index (χ3n) is 4.09. The van der Waals surface area contributed by atoms with Gasteiger partial charge in [0.15, 0.2) is 0 Å². The van der Waals surface area contributed by atoms with E-state index in [9.17, 15) is 0 Å². The molecule has 0 aliphatic rings. The van der Waals surface area contributed by atoms with Crippen molar-refractivity contribution in [2.75, 3.05) is 11.4 Å². The Hall–Kier alpha value is -0.980. The Morgan fingerprint density at radius 2 is 1.42 bits per heavy atom. The fraction of sp³-hybridized carbons (Fsp3) is 0.667. The first kappa shape index (κ1) is 16.1. The molecule has 0 atom stereocenters. The lowest BCUT2D eigenvalue weighted by Crippen LogP contribution is -2.44. The first-order valence-electron chi connectivity index (χ1n) is 7.60. The van der Waals surface area contributed by atoms with E-state index in [1.165, 1.54) is 17.7 Å². The fourth-order valence-electron chi connectivity index (χ4n) is 2.34. The highest BCUT2D eigenvalue weighted by Gasteiger charge is 2.24. The van der Waals surface area contributed by atoms with E-state index in [4.69, 9.17) is 0 Å². The third kappa shape index (κ3) is 3.99. The number of nitrogens with zero attached hydrogens (tertiary/aromatic N) is 1. The van der Waals surface area contributed by atoms with Crippen LogP contribution in [0.4, 0.5) is 5.69 Å². The molecule has 0 aromatic heterocycles. The molecule has 108 valence electrons. The van der Waals surface area contributed by atoms with E-state index in [1.807, 2.05) is 0 Å². The molecule has 1 heteroatoms. The quantitative estimate of drug-likeness (QED) is 0.687. The maximum absolute atomic E-state index is 2.54. The first-order valence-corrected chi connectivity index (χ1v) is 7.60. The van der Waals surface area contributed by atoms with E-state index in [-0.39, 0.29) is 11.0 Å². The van der Waals surface area contributed by atoms with Gasteiger partial charge in [-0.25, -0.2) is 0 Å². The third-order valence-corrected chi connectivity index (χ3v) is 4.09. The predicted molar refractivity (Wildman–Crippen MR) is 87.1 cm³/mol. The number of hydrogen-bond acceptors (Lipinski definition) is 1. The number of hydrogen-bond donors (Lipinski definition) is 0. The Morgan fingerprint density at radius 1 is 0.895 bits per heavy atom. The van der Waals surface area contributed by atoms with Crippen molar-refractivity contribution in [3.8, 4) is 0 Å². The van der Waals surface area contributed by atoms with Gasteiger partial charge in [0.2, 0.25) is 0 Å². The van der Waals surface area contributed by atoms with Gasteiger partial charge in [0.1, 0.15) is 0 Å². The van der Waals surface area contributed by atoms with Gasteiger partial charge in [-0.3, -0.25) is 0 Å². The zero-order valence-corrected chi connectivity index (χ0v) is 13.9. The fourth-order valence-corrected chi connectivity index (χ4v) is 2.34. The average Bonchev–Trinajstić information content (AvgIpc) is 2.35.